The summed E-state index contributed by atoms with van der Waals surface area (Å²) in [4.78, 5) is 13.7. The van der Waals surface area contributed by atoms with Crippen molar-refractivity contribution in [1.29, 1.82) is 0 Å². The summed E-state index contributed by atoms with van der Waals surface area (Å²) < 4.78 is 43.8. The summed E-state index contributed by atoms with van der Waals surface area (Å²) in [5.74, 6) is -1.07. The van der Waals surface area contributed by atoms with Crippen molar-refractivity contribution in [2.75, 3.05) is 0 Å². The highest BCUT2D eigenvalue weighted by Gasteiger charge is 2.35. The van der Waals surface area contributed by atoms with Crippen molar-refractivity contribution in [3.05, 3.63) is 56.7 Å². The van der Waals surface area contributed by atoms with Crippen molar-refractivity contribution in [2.24, 2.45) is 0 Å². The summed E-state index contributed by atoms with van der Waals surface area (Å²) in [7, 11) is 0. The Kier molecular flexibility index (Phi) is 4.12. The molecule has 5 nitrogen and oxygen atoms in total. The molecule has 0 aliphatic heterocycles. The second-order valence-electron chi connectivity index (χ2n) is 3.83. The fraction of sp³-hybridized carbons (Fsp3) is 0.0833. The van der Waals surface area contributed by atoms with Crippen LogP contribution in [0.25, 0.3) is 0 Å². The van der Waals surface area contributed by atoms with Crippen LogP contribution in [-0.2, 0) is 6.18 Å². The number of benzene rings is 1. The van der Waals surface area contributed by atoms with Gasteiger partial charge in [-0.05, 0) is 28.1 Å². The summed E-state index contributed by atoms with van der Waals surface area (Å²) in [5, 5.41) is 10.9. The van der Waals surface area contributed by atoms with E-state index in [9.17, 15) is 23.3 Å². The minimum absolute atomic E-state index is 0.311. The maximum Gasteiger partial charge on any atom is 0.419 e. The molecule has 0 atom stereocenters. The maximum atomic E-state index is 12.8. The summed E-state index contributed by atoms with van der Waals surface area (Å²) in [6.45, 7) is 0. The van der Waals surface area contributed by atoms with Gasteiger partial charge in [-0.25, -0.2) is 4.98 Å². The van der Waals surface area contributed by atoms with Crippen LogP contribution in [-0.4, -0.2) is 9.91 Å². The molecular weight excluding hydrogens is 357 g/mol. The van der Waals surface area contributed by atoms with E-state index in [1.165, 1.54) is 18.3 Å². The SMILES string of the molecule is O=[N+]([O-])c1cc(Br)cnc1Oc1ccccc1C(F)(F)F. The van der Waals surface area contributed by atoms with Gasteiger partial charge in [-0.15, -0.1) is 0 Å². The minimum atomic E-state index is -4.64. The van der Waals surface area contributed by atoms with Gasteiger partial charge in [0.2, 0.25) is 0 Å². The molecule has 0 fully saturated rings. The first-order valence-corrected chi connectivity index (χ1v) is 6.22. The third-order valence-electron chi connectivity index (χ3n) is 2.39. The number of para-hydroxylation sites is 1. The number of rotatable bonds is 3. The topological polar surface area (TPSA) is 65.3 Å². The monoisotopic (exact) mass is 362 g/mol. The van der Waals surface area contributed by atoms with Gasteiger partial charge in [0.05, 0.1) is 10.5 Å². The van der Waals surface area contributed by atoms with Crippen LogP contribution in [0, 0.1) is 10.1 Å². The standard InChI is InChI=1S/C12H6BrF3N2O3/c13-7-5-9(18(19)20)11(17-6-7)21-10-4-2-1-3-8(10)12(14,15)16/h1-6H. The third kappa shape index (κ3) is 3.48. The average Bonchev–Trinajstić information content (AvgIpc) is 2.40. The molecule has 0 aliphatic carbocycles. The molecule has 0 N–H and O–H groups in total. The molecule has 9 heteroatoms. The molecular formula is C12H6BrF3N2O3. The quantitative estimate of drug-likeness (QED) is 0.592. The molecule has 2 aromatic rings. The molecule has 21 heavy (non-hydrogen) atoms. The third-order valence-corrected chi connectivity index (χ3v) is 2.83. The molecule has 1 heterocycles. The van der Waals surface area contributed by atoms with Gasteiger partial charge in [0.25, 0.3) is 5.88 Å². The molecule has 1 aromatic heterocycles. The van der Waals surface area contributed by atoms with Crippen LogP contribution in [0.1, 0.15) is 5.56 Å². The van der Waals surface area contributed by atoms with Crippen LogP contribution in [0.4, 0.5) is 18.9 Å². The zero-order valence-electron chi connectivity index (χ0n) is 10.1. The first-order valence-electron chi connectivity index (χ1n) is 5.43. The Morgan fingerprint density at radius 3 is 2.57 bits per heavy atom. The number of ether oxygens (including phenoxy) is 1. The molecule has 0 spiro atoms. The van der Waals surface area contributed by atoms with E-state index in [1.54, 1.807) is 0 Å². The lowest BCUT2D eigenvalue weighted by Crippen LogP contribution is -2.07. The number of halogens is 4. The Labute approximate surface area is 124 Å². The molecule has 0 amide bonds. The summed E-state index contributed by atoms with van der Waals surface area (Å²) in [6.07, 6.45) is -3.45. The Hall–Kier alpha value is -2.16. The molecule has 0 radical (unpaired) electrons. The molecule has 1 aromatic carbocycles. The van der Waals surface area contributed by atoms with Crippen LogP contribution in [0.5, 0.6) is 11.6 Å². The average molecular weight is 363 g/mol. The lowest BCUT2D eigenvalue weighted by Gasteiger charge is -2.12. The van der Waals surface area contributed by atoms with Crippen molar-refractivity contribution in [1.82, 2.24) is 4.98 Å². The smallest absolute Gasteiger partial charge is 0.419 e. The normalized spacial score (nSPS) is 11.2. The largest absolute Gasteiger partial charge is 0.433 e. The first kappa shape index (κ1) is 15.2. The Balaban J connectivity index is 2.47. The van der Waals surface area contributed by atoms with E-state index in [0.29, 0.717) is 4.47 Å². The zero-order chi connectivity index (χ0) is 15.6. The second kappa shape index (κ2) is 5.68. The molecule has 0 saturated heterocycles. The van der Waals surface area contributed by atoms with Crippen molar-refractivity contribution in [2.45, 2.75) is 6.18 Å². The fourth-order valence-electron chi connectivity index (χ4n) is 1.52. The lowest BCUT2D eigenvalue weighted by molar-refractivity contribution is -0.386. The van der Waals surface area contributed by atoms with Gasteiger partial charge >= 0.3 is 11.9 Å². The second-order valence-corrected chi connectivity index (χ2v) is 4.75. The van der Waals surface area contributed by atoms with Crippen LogP contribution in [0.3, 0.4) is 0 Å². The van der Waals surface area contributed by atoms with Gasteiger partial charge in [-0.2, -0.15) is 13.2 Å². The molecule has 110 valence electrons. The van der Waals surface area contributed by atoms with Crippen molar-refractivity contribution in [3.63, 3.8) is 0 Å². The number of alkyl halides is 3. The van der Waals surface area contributed by atoms with E-state index in [1.807, 2.05) is 0 Å². The Bertz CT molecular complexity index is 692. The number of pyridine rings is 1. The molecule has 0 bridgehead atoms. The van der Waals surface area contributed by atoms with Gasteiger partial charge in [-0.1, -0.05) is 12.1 Å². The number of nitrogens with zero attached hydrogens (tertiary/aromatic N) is 2. The van der Waals surface area contributed by atoms with Gasteiger partial charge in [0.1, 0.15) is 5.75 Å². The van der Waals surface area contributed by atoms with E-state index in [2.05, 4.69) is 20.9 Å². The summed E-state index contributed by atoms with van der Waals surface area (Å²) >= 11 is 2.99. The Morgan fingerprint density at radius 2 is 1.95 bits per heavy atom. The van der Waals surface area contributed by atoms with E-state index in [4.69, 9.17) is 4.74 Å². The number of hydrogen-bond donors (Lipinski definition) is 0. The molecule has 0 unspecified atom stereocenters. The highest BCUT2D eigenvalue weighted by atomic mass is 79.9. The lowest BCUT2D eigenvalue weighted by atomic mass is 10.2. The predicted octanol–water partition coefficient (Wildman–Crippen LogP) is 4.56. The zero-order valence-corrected chi connectivity index (χ0v) is 11.7. The Morgan fingerprint density at radius 1 is 1.29 bits per heavy atom. The van der Waals surface area contributed by atoms with E-state index in [0.717, 1.165) is 18.2 Å². The fourth-order valence-corrected chi connectivity index (χ4v) is 1.84. The number of hydrogen-bond acceptors (Lipinski definition) is 4. The van der Waals surface area contributed by atoms with E-state index >= 15 is 0 Å². The van der Waals surface area contributed by atoms with Crippen LogP contribution in [0.15, 0.2) is 41.0 Å². The summed E-state index contributed by atoms with van der Waals surface area (Å²) in [5.41, 5.74) is -1.58. The predicted molar refractivity (Wildman–Crippen MR) is 70.1 cm³/mol. The highest BCUT2D eigenvalue weighted by Crippen LogP contribution is 2.39. The van der Waals surface area contributed by atoms with Gasteiger partial charge < -0.3 is 4.74 Å². The maximum absolute atomic E-state index is 12.8. The number of aromatic nitrogens is 1. The van der Waals surface area contributed by atoms with Gasteiger partial charge in [-0.3, -0.25) is 10.1 Å². The van der Waals surface area contributed by atoms with Gasteiger partial charge in [0, 0.05) is 16.7 Å². The summed E-state index contributed by atoms with van der Waals surface area (Å²) in [6, 6.07) is 5.50. The van der Waals surface area contributed by atoms with Crippen molar-refractivity contribution in [3.8, 4) is 11.6 Å². The van der Waals surface area contributed by atoms with Crippen LogP contribution in [0.2, 0.25) is 0 Å². The van der Waals surface area contributed by atoms with E-state index in [-0.39, 0.29) is 0 Å². The number of nitro groups is 1. The van der Waals surface area contributed by atoms with Crippen LogP contribution < -0.4 is 4.74 Å². The minimum Gasteiger partial charge on any atom is -0.433 e. The van der Waals surface area contributed by atoms with Crippen LogP contribution >= 0.6 is 15.9 Å². The van der Waals surface area contributed by atoms with Crippen molar-refractivity contribution >= 4 is 21.6 Å². The first-order chi connectivity index (χ1) is 9.79. The molecule has 0 saturated carbocycles. The molecule has 2 rings (SSSR count). The van der Waals surface area contributed by atoms with E-state index < -0.39 is 34.0 Å². The van der Waals surface area contributed by atoms with Crippen molar-refractivity contribution < 1.29 is 22.8 Å². The van der Waals surface area contributed by atoms with Gasteiger partial charge in [0.15, 0.2) is 0 Å². The highest BCUT2D eigenvalue weighted by molar-refractivity contribution is 9.10. The molecule has 0 aliphatic rings.